The SMILES string of the molecule is Cc1cccc(CS(=O)(=O)N(C)Cc2nc(-c3cccc(Cl)c3)no2)c1. The standard InChI is InChI=1S/C18H18ClN3O3S/c1-13-5-3-6-14(9-13)12-26(23,24)22(2)11-17-20-18(21-25-17)15-7-4-8-16(19)10-15/h3-10H,11-12H2,1-2H3. The van der Waals surface area contributed by atoms with Crippen LogP contribution in [0.3, 0.4) is 0 Å². The third kappa shape index (κ3) is 4.49. The molecule has 0 spiro atoms. The molecule has 6 nitrogen and oxygen atoms in total. The summed E-state index contributed by atoms with van der Waals surface area (Å²) in [5, 5.41) is 4.45. The minimum absolute atomic E-state index is 0.00170. The van der Waals surface area contributed by atoms with Crippen molar-refractivity contribution in [1.82, 2.24) is 14.4 Å². The number of sulfonamides is 1. The number of aromatic nitrogens is 2. The maximum absolute atomic E-state index is 12.6. The normalized spacial score (nSPS) is 11.8. The molecule has 26 heavy (non-hydrogen) atoms. The zero-order valence-electron chi connectivity index (χ0n) is 14.4. The van der Waals surface area contributed by atoms with E-state index in [1.807, 2.05) is 25.1 Å². The van der Waals surface area contributed by atoms with Gasteiger partial charge in [-0.25, -0.2) is 8.42 Å². The van der Waals surface area contributed by atoms with Crippen LogP contribution >= 0.6 is 11.6 Å². The van der Waals surface area contributed by atoms with Gasteiger partial charge in [-0.1, -0.05) is 58.7 Å². The van der Waals surface area contributed by atoms with Crippen LogP contribution in [-0.2, 0) is 22.3 Å². The van der Waals surface area contributed by atoms with Gasteiger partial charge in [0.2, 0.25) is 21.7 Å². The molecule has 3 rings (SSSR count). The van der Waals surface area contributed by atoms with Crippen LogP contribution in [0.1, 0.15) is 17.0 Å². The molecule has 0 N–H and O–H groups in total. The van der Waals surface area contributed by atoms with E-state index < -0.39 is 10.0 Å². The Balaban J connectivity index is 1.72. The number of hydrogen-bond acceptors (Lipinski definition) is 5. The Morgan fingerprint density at radius 2 is 1.92 bits per heavy atom. The van der Waals surface area contributed by atoms with Gasteiger partial charge in [-0.15, -0.1) is 0 Å². The second-order valence-corrected chi connectivity index (χ2v) is 8.54. The highest BCUT2D eigenvalue weighted by Gasteiger charge is 2.21. The number of halogens is 1. The topological polar surface area (TPSA) is 76.3 Å². The van der Waals surface area contributed by atoms with Gasteiger partial charge in [-0.2, -0.15) is 9.29 Å². The average molecular weight is 392 g/mol. The molecular weight excluding hydrogens is 374 g/mol. The van der Waals surface area contributed by atoms with Gasteiger partial charge in [0.25, 0.3) is 0 Å². The fourth-order valence-electron chi connectivity index (χ4n) is 2.48. The van der Waals surface area contributed by atoms with Crippen molar-refractivity contribution in [2.24, 2.45) is 0 Å². The van der Waals surface area contributed by atoms with Crippen LogP contribution in [0.15, 0.2) is 53.1 Å². The van der Waals surface area contributed by atoms with Gasteiger partial charge in [0.1, 0.15) is 0 Å². The Morgan fingerprint density at radius 1 is 1.15 bits per heavy atom. The van der Waals surface area contributed by atoms with E-state index in [0.717, 1.165) is 11.1 Å². The van der Waals surface area contributed by atoms with Gasteiger partial charge < -0.3 is 4.52 Å². The molecule has 0 amide bonds. The first-order valence-corrected chi connectivity index (χ1v) is 9.90. The van der Waals surface area contributed by atoms with Crippen LogP contribution < -0.4 is 0 Å². The van der Waals surface area contributed by atoms with Crippen molar-refractivity contribution >= 4 is 21.6 Å². The van der Waals surface area contributed by atoms with Crippen molar-refractivity contribution in [2.45, 2.75) is 19.2 Å². The lowest BCUT2D eigenvalue weighted by Crippen LogP contribution is -2.27. The van der Waals surface area contributed by atoms with E-state index in [1.165, 1.54) is 11.4 Å². The first kappa shape index (κ1) is 18.6. The fraction of sp³-hybridized carbons (Fsp3) is 0.222. The Bertz CT molecular complexity index is 1020. The van der Waals surface area contributed by atoms with E-state index in [1.54, 1.807) is 30.3 Å². The Hall–Kier alpha value is -2.22. The third-order valence-electron chi connectivity index (χ3n) is 3.82. The molecule has 0 aliphatic heterocycles. The first-order valence-electron chi connectivity index (χ1n) is 7.91. The van der Waals surface area contributed by atoms with E-state index in [0.29, 0.717) is 16.4 Å². The summed E-state index contributed by atoms with van der Waals surface area (Å²) in [5.74, 6) is 0.503. The molecule has 1 aromatic heterocycles. The van der Waals surface area contributed by atoms with Crippen LogP contribution in [-0.4, -0.2) is 29.9 Å². The number of rotatable bonds is 6. The summed E-state index contributed by atoms with van der Waals surface area (Å²) < 4.78 is 31.5. The lowest BCUT2D eigenvalue weighted by atomic mass is 10.2. The summed E-state index contributed by atoms with van der Waals surface area (Å²) >= 11 is 5.96. The van der Waals surface area contributed by atoms with Crippen LogP contribution in [0, 0.1) is 6.92 Å². The molecule has 1 heterocycles. The monoisotopic (exact) mass is 391 g/mol. The van der Waals surface area contributed by atoms with Crippen LogP contribution in [0.2, 0.25) is 5.02 Å². The molecule has 136 valence electrons. The van der Waals surface area contributed by atoms with Crippen molar-refractivity contribution in [1.29, 1.82) is 0 Å². The number of nitrogens with zero attached hydrogens (tertiary/aromatic N) is 3. The van der Waals surface area contributed by atoms with E-state index in [2.05, 4.69) is 10.1 Å². The summed E-state index contributed by atoms with van der Waals surface area (Å²) in [4.78, 5) is 4.25. The molecule has 0 atom stereocenters. The molecule has 8 heteroatoms. The summed E-state index contributed by atoms with van der Waals surface area (Å²) in [7, 11) is -2.01. The Kier molecular flexibility index (Phi) is 5.41. The van der Waals surface area contributed by atoms with Crippen LogP contribution in [0.4, 0.5) is 0 Å². The second kappa shape index (κ2) is 7.57. The van der Waals surface area contributed by atoms with Gasteiger partial charge in [0, 0.05) is 17.6 Å². The maximum atomic E-state index is 12.6. The molecule has 0 unspecified atom stereocenters. The van der Waals surface area contributed by atoms with Crippen LogP contribution in [0.25, 0.3) is 11.4 Å². The number of benzene rings is 2. The van der Waals surface area contributed by atoms with Crippen molar-refractivity contribution in [2.75, 3.05) is 7.05 Å². The zero-order chi connectivity index (χ0) is 18.7. The molecule has 0 aliphatic rings. The maximum Gasteiger partial charge on any atom is 0.242 e. The van der Waals surface area contributed by atoms with E-state index in [-0.39, 0.29) is 18.2 Å². The van der Waals surface area contributed by atoms with Crippen molar-refractivity contribution in [3.05, 3.63) is 70.6 Å². The molecule has 2 aromatic carbocycles. The van der Waals surface area contributed by atoms with E-state index in [9.17, 15) is 8.42 Å². The molecule has 0 saturated carbocycles. The Morgan fingerprint density at radius 3 is 2.65 bits per heavy atom. The minimum Gasteiger partial charge on any atom is -0.338 e. The highest BCUT2D eigenvalue weighted by atomic mass is 35.5. The predicted molar refractivity (Wildman–Crippen MR) is 100 cm³/mol. The lowest BCUT2D eigenvalue weighted by Gasteiger charge is -2.15. The molecule has 0 aliphatic carbocycles. The lowest BCUT2D eigenvalue weighted by molar-refractivity contribution is 0.336. The molecule has 3 aromatic rings. The highest BCUT2D eigenvalue weighted by molar-refractivity contribution is 7.88. The van der Waals surface area contributed by atoms with Crippen LogP contribution in [0.5, 0.6) is 0 Å². The van der Waals surface area contributed by atoms with Gasteiger partial charge in [-0.3, -0.25) is 0 Å². The van der Waals surface area contributed by atoms with Gasteiger partial charge in [0.15, 0.2) is 0 Å². The van der Waals surface area contributed by atoms with E-state index in [4.69, 9.17) is 16.1 Å². The summed E-state index contributed by atoms with van der Waals surface area (Å²) in [6.07, 6.45) is 0. The average Bonchev–Trinajstić information content (AvgIpc) is 3.03. The minimum atomic E-state index is -3.51. The van der Waals surface area contributed by atoms with Gasteiger partial charge >= 0.3 is 0 Å². The summed E-state index contributed by atoms with van der Waals surface area (Å²) in [6, 6.07) is 14.5. The number of aryl methyl sites for hydroxylation is 1. The second-order valence-electron chi connectivity index (χ2n) is 6.02. The predicted octanol–water partition coefficient (Wildman–Crippen LogP) is 3.66. The van der Waals surface area contributed by atoms with Gasteiger partial charge in [-0.05, 0) is 24.6 Å². The first-order chi connectivity index (χ1) is 12.3. The van der Waals surface area contributed by atoms with E-state index >= 15 is 0 Å². The van der Waals surface area contributed by atoms with Crippen molar-refractivity contribution in [3.8, 4) is 11.4 Å². The summed E-state index contributed by atoms with van der Waals surface area (Å²) in [6.45, 7) is 1.93. The fourth-order valence-corrected chi connectivity index (χ4v) is 3.79. The number of hydrogen-bond donors (Lipinski definition) is 0. The van der Waals surface area contributed by atoms with Gasteiger partial charge in [0.05, 0.1) is 12.3 Å². The summed E-state index contributed by atoms with van der Waals surface area (Å²) in [5.41, 5.74) is 2.46. The smallest absolute Gasteiger partial charge is 0.242 e. The molecular formula is C18H18ClN3O3S. The highest BCUT2D eigenvalue weighted by Crippen LogP contribution is 2.21. The van der Waals surface area contributed by atoms with Crippen molar-refractivity contribution < 1.29 is 12.9 Å². The zero-order valence-corrected chi connectivity index (χ0v) is 16.0. The molecule has 0 fully saturated rings. The third-order valence-corrected chi connectivity index (χ3v) is 5.83. The quantitative estimate of drug-likeness (QED) is 0.640. The molecule has 0 bridgehead atoms. The molecule has 0 radical (unpaired) electrons. The molecule has 0 saturated heterocycles. The largest absolute Gasteiger partial charge is 0.338 e. The Labute approximate surface area is 157 Å². The van der Waals surface area contributed by atoms with Crippen molar-refractivity contribution in [3.63, 3.8) is 0 Å².